The molecule has 0 bridgehead atoms. The minimum Gasteiger partial charge on any atom is -0.306 e. The second-order valence-electron chi connectivity index (χ2n) is 6.12. The van der Waals surface area contributed by atoms with Crippen molar-refractivity contribution in [1.82, 2.24) is 20.1 Å². The van der Waals surface area contributed by atoms with Crippen LogP contribution in [0.1, 0.15) is 35.7 Å². The lowest BCUT2D eigenvalue weighted by Crippen LogP contribution is -2.25. The Labute approximate surface area is 140 Å². The van der Waals surface area contributed by atoms with E-state index in [1.165, 1.54) is 29.0 Å². The molecule has 1 unspecified atom stereocenters. The molecular weight excluding hydrogens is 303 g/mol. The lowest BCUT2D eigenvalue weighted by molar-refractivity contribution is 0.454. The Balaban J connectivity index is 1.56. The third-order valence-corrected chi connectivity index (χ3v) is 4.53. The van der Waals surface area contributed by atoms with Gasteiger partial charge in [0.25, 0.3) is 0 Å². The van der Waals surface area contributed by atoms with Gasteiger partial charge in [-0.15, -0.1) is 0 Å². The topological polar surface area (TPSA) is 42.7 Å². The number of hydrogen-bond acceptors (Lipinski definition) is 3. The van der Waals surface area contributed by atoms with Gasteiger partial charge in [-0.25, -0.2) is 9.07 Å². The van der Waals surface area contributed by atoms with Gasteiger partial charge >= 0.3 is 0 Å². The van der Waals surface area contributed by atoms with Crippen molar-refractivity contribution in [1.29, 1.82) is 0 Å². The van der Waals surface area contributed by atoms with Crippen molar-refractivity contribution in [3.8, 4) is 5.69 Å². The van der Waals surface area contributed by atoms with Crippen LogP contribution in [0.5, 0.6) is 0 Å². The van der Waals surface area contributed by atoms with Gasteiger partial charge in [0.1, 0.15) is 5.82 Å². The Morgan fingerprint density at radius 3 is 2.83 bits per heavy atom. The van der Waals surface area contributed by atoms with E-state index in [4.69, 9.17) is 0 Å². The molecule has 0 aliphatic heterocycles. The van der Waals surface area contributed by atoms with Crippen LogP contribution in [0.4, 0.5) is 4.39 Å². The summed E-state index contributed by atoms with van der Waals surface area (Å²) in [4.78, 5) is 4.16. The van der Waals surface area contributed by atoms with Crippen LogP contribution in [0.2, 0.25) is 0 Å². The van der Waals surface area contributed by atoms with E-state index < -0.39 is 0 Å². The molecule has 1 atom stereocenters. The van der Waals surface area contributed by atoms with Crippen molar-refractivity contribution < 1.29 is 4.39 Å². The van der Waals surface area contributed by atoms with Crippen molar-refractivity contribution in [2.45, 2.75) is 31.8 Å². The molecule has 2 aromatic heterocycles. The average Bonchev–Trinajstić information content (AvgIpc) is 3.06. The molecule has 4 rings (SSSR count). The van der Waals surface area contributed by atoms with E-state index in [9.17, 15) is 4.39 Å². The third kappa shape index (κ3) is 2.95. The summed E-state index contributed by atoms with van der Waals surface area (Å²) >= 11 is 0. The van der Waals surface area contributed by atoms with Gasteiger partial charge in [0, 0.05) is 36.2 Å². The smallest absolute Gasteiger partial charge is 0.123 e. The molecule has 0 saturated heterocycles. The molecule has 3 aromatic rings. The van der Waals surface area contributed by atoms with Crippen molar-refractivity contribution >= 4 is 0 Å². The van der Waals surface area contributed by atoms with Gasteiger partial charge in [-0.2, -0.15) is 5.10 Å². The molecule has 5 heteroatoms. The molecule has 2 heterocycles. The summed E-state index contributed by atoms with van der Waals surface area (Å²) in [6.45, 7) is 0.791. The minimum atomic E-state index is -0.226. The van der Waals surface area contributed by atoms with Crippen molar-refractivity contribution in [2.75, 3.05) is 0 Å². The van der Waals surface area contributed by atoms with Crippen molar-refractivity contribution in [3.05, 3.63) is 77.6 Å². The normalized spacial score (nSPS) is 16.8. The number of nitrogens with one attached hydrogen (secondary N) is 1. The summed E-state index contributed by atoms with van der Waals surface area (Å²) in [5.74, 6) is -0.226. The predicted molar refractivity (Wildman–Crippen MR) is 90.3 cm³/mol. The monoisotopic (exact) mass is 322 g/mol. The number of hydrogen-bond donors (Lipinski definition) is 1. The van der Waals surface area contributed by atoms with Crippen LogP contribution in [0.3, 0.4) is 0 Å². The van der Waals surface area contributed by atoms with Crippen molar-refractivity contribution in [3.63, 3.8) is 0 Å². The Bertz CT molecular complexity index is 811. The standard InChI is InChI=1S/C19H19FN4/c20-15-6-8-16(9-7-15)24-19-5-1-4-18(17(19)13-23-24)22-12-14-3-2-10-21-11-14/h2-3,6-11,13,18,22H,1,4-5,12H2. The average molecular weight is 322 g/mol. The van der Waals surface area contributed by atoms with E-state index in [-0.39, 0.29) is 5.82 Å². The fourth-order valence-corrected chi connectivity index (χ4v) is 3.32. The molecule has 1 aromatic carbocycles. The first-order valence-electron chi connectivity index (χ1n) is 8.26. The Hall–Kier alpha value is -2.53. The molecule has 1 aliphatic rings. The summed E-state index contributed by atoms with van der Waals surface area (Å²) < 4.78 is 15.1. The Kier molecular flexibility index (Phi) is 4.09. The van der Waals surface area contributed by atoms with Crippen LogP contribution in [-0.2, 0) is 13.0 Å². The highest BCUT2D eigenvalue weighted by molar-refractivity contribution is 5.37. The van der Waals surface area contributed by atoms with Crippen LogP contribution in [0, 0.1) is 5.82 Å². The van der Waals surface area contributed by atoms with Gasteiger partial charge in [0.2, 0.25) is 0 Å². The zero-order chi connectivity index (χ0) is 16.4. The van der Waals surface area contributed by atoms with Crippen molar-refractivity contribution in [2.24, 2.45) is 0 Å². The van der Waals surface area contributed by atoms with Gasteiger partial charge < -0.3 is 5.32 Å². The van der Waals surface area contributed by atoms with Gasteiger partial charge in [0.15, 0.2) is 0 Å². The first kappa shape index (κ1) is 15.0. The number of benzene rings is 1. The quantitative estimate of drug-likeness (QED) is 0.798. The summed E-state index contributed by atoms with van der Waals surface area (Å²) in [5.41, 5.74) is 4.55. The van der Waals surface area contributed by atoms with Crippen LogP contribution >= 0.6 is 0 Å². The maximum absolute atomic E-state index is 13.1. The fourth-order valence-electron chi connectivity index (χ4n) is 3.32. The van der Waals surface area contributed by atoms with Gasteiger partial charge in [-0.3, -0.25) is 4.98 Å². The molecule has 24 heavy (non-hydrogen) atoms. The second kappa shape index (κ2) is 6.53. The lowest BCUT2D eigenvalue weighted by atomic mass is 9.92. The summed E-state index contributed by atoms with van der Waals surface area (Å²) in [6.07, 6.45) is 8.83. The Morgan fingerprint density at radius 1 is 1.17 bits per heavy atom. The van der Waals surface area contributed by atoms with Gasteiger partial charge in [-0.1, -0.05) is 6.07 Å². The lowest BCUT2D eigenvalue weighted by Gasteiger charge is -2.24. The molecule has 0 spiro atoms. The highest BCUT2D eigenvalue weighted by Crippen LogP contribution is 2.31. The van der Waals surface area contributed by atoms with E-state index in [0.29, 0.717) is 6.04 Å². The SMILES string of the molecule is Fc1ccc(-n2ncc3c2CCCC3NCc2cccnc2)cc1. The predicted octanol–water partition coefficient (Wildman–Crippen LogP) is 3.57. The Morgan fingerprint density at radius 2 is 2.04 bits per heavy atom. The summed E-state index contributed by atoms with van der Waals surface area (Å²) in [6, 6.07) is 10.8. The summed E-state index contributed by atoms with van der Waals surface area (Å²) in [5, 5.41) is 8.16. The summed E-state index contributed by atoms with van der Waals surface area (Å²) in [7, 11) is 0. The fraction of sp³-hybridized carbons (Fsp3) is 0.263. The molecule has 0 fully saturated rings. The molecule has 4 nitrogen and oxygen atoms in total. The van der Waals surface area contributed by atoms with Gasteiger partial charge in [0.05, 0.1) is 11.9 Å². The maximum Gasteiger partial charge on any atom is 0.123 e. The number of pyridine rings is 1. The third-order valence-electron chi connectivity index (χ3n) is 4.53. The highest BCUT2D eigenvalue weighted by atomic mass is 19.1. The van der Waals surface area contributed by atoms with Crippen LogP contribution in [0.15, 0.2) is 55.0 Å². The van der Waals surface area contributed by atoms with Gasteiger partial charge in [-0.05, 0) is 55.2 Å². The van der Waals surface area contributed by atoms with E-state index in [0.717, 1.165) is 31.5 Å². The number of halogens is 1. The van der Waals surface area contributed by atoms with E-state index in [1.54, 1.807) is 18.3 Å². The zero-order valence-electron chi connectivity index (χ0n) is 13.3. The molecule has 1 N–H and O–H groups in total. The number of fused-ring (bicyclic) bond motifs is 1. The molecule has 0 radical (unpaired) electrons. The first-order chi connectivity index (χ1) is 11.8. The molecule has 1 aliphatic carbocycles. The number of nitrogens with zero attached hydrogens (tertiary/aromatic N) is 3. The van der Waals surface area contributed by atoms with Crippen LogP contribution < -0.4 is 5.32 Å². The van der Waals surface area contributed by atoms with E-state index in [1.807, 2.05) is 23.1 Å². The van der Waals surface area contributed by atoms with E-state index >= 15 is 0 Å². The van der Waals surface area contributed by atoms with E-state index in [2.05, 4.69) is 21.5 Å². The highest BCUT2D eigenvalue weighted by Gasteiger charge is 2.24. The van der Waals surface area contributed by atoms with Crippen LogP contribution in [-0.4, -0.2) is 14.8 Å². The number of aromatic nitrogens is 3. The molecular formula is C19H19FN4. The maximum atomic E-state index is 13.1. The molecule has 122 valence electrons. The largest absolute Gasteiger partial charge is 0.306 e. The van der Waals surface area contributed by atoms with Crippen LogP contribution in [0.25, 0.3) is 5.69 Å². The number of rotatable bonds is 4. The first-order valence-corrected chi connectivity index (χ1v) is 8.26. The molecule has 0 amide bonds. The zero-order valence-corrected chi connectivity index (χ0v) is 13.3. The molecule has 0 saturated carbocycles. The second-order valence-corrected chi connectivity index (χ2v) is 6.12. The minimum absolute atomic E-state index is 0.226.